The first-order valence-corrected chi connectivity index (χ1v) is 7.82. The highest BCUT2D eigenvalue weighted by molar-refractivity contribution is 5.84. The van der Waals surface area contributed by atoms with E-state index in [1.807, 2.05) is 0 Å². The van der Waals surface area contributed by atoms with Crippen LogP contribution in [0.1, 0.15) is 36.9 Å². The van der Waals surface area contributed by atoms with Crippen molar-refractivity contribution in [1.29, 1.82) is 0 Å². The molecular weight excluding hydrogens is 323 g/mol. The van der Waals surface area contributed by atoms with Crippen molar-refractivity contribution < 1.29 is 22.8 Å². The molecule has 0 bridgehead atoms. The van der Waals surface area contributed by atoms with Crippen molar-refractivity contribution in [2.24, 2.45) is 0 Å². The Morgan fingerprint density at radius 1 is 1.25 bits per heavy atom. The van der Waals surface area contributed by atoms with Gasteiger partial charge in [0.2, 0.25) is 5.91 Å². The molecule has 0 radical (unpaired) electrons. The molecule has 1 heterocycles. The number of carbonyl (C=O) groups excluding carboxylic acids is 2. The molecule has 1 aromatic rings. The summed E-state index contributed by atoms with van der Waals surface area (Å²) in [5.74, 6) is -0.388. The van der Waals surface area contributed by atoms with Gasteiger partial charge in [0.1, 0.15) is 0 Å². The van der Waals surface area contributed by atoms with Crippen molar-refractivity contribution in [2.75, 3.05) is 19.6 Å². The predicted molar refractivity (Wildman–Crippen MR) is 82.2 cm³/mol. The number of nitrogens with one attached hydrogen (secondary N) is 2. The lowest BCUT2D eigenvalue weighted by Gasteiger charge is -2.27. The van der Waals surface area contributed by atoms with E-state index in [1.165, 1.54) is 17.0 Å². The van der Waals surface area contributed by atoms with Gasteiger partial charge in [-0.15, -0.1) is 0 Å². The number of halogens is 3. The molecule has 1 atom stereocenters. The molecule has 1 aromatic carbocycles. The maximum atomic E-state index is 13.2. The van der Waals surface area contributed by atoms with Crippen molar-refractivity contribution in [3.05, 3.63) is 35.4 Å². The molecule has 8 heteroatoms. The van der Waals surface area contributed by atoms with Crippen LogP contribution in [-0.2, 0) is 11.0 Å². The summed E-state index contributed by atoms with van der Waals surface area (Å²) in [6.07, 6.45) is -3.36. The van der Waals surface area contributed by atoms with E-state index in [9.17, 15) is 22.8 Å². The molecule has 0 saturated carbocycles. The zero-order chi connectivity index (χ0) is 17.7. The van der Waals surface area contributed by atoms with Gasteiger partial charge in [-0.3, -0.25) is 4.79 Å². The highest BCUT2D eigenvalue weighted by Crippen LogP contribution is 2.40. The number of urea groups is 1. The van der Waals surface area contributed by atoms with Crippen LogP contribution >= 0.6 is 0 Å². The molecule has 2 rings (SSSR count). The fourth-order valence-electron chi connectivity index (χ4n) is 2.91. The minimum Gasteiger partial charge on any atom is -0.338 e. The SMILES string of the molecule is CCNC(=O)NCC(=O)N1CCCC1c1ccccc1C(F)(F)F. The monoisotopic (exact) mass is 343 g/mol. The van der Waals surface area contributed by atoms with Crippen molar-refractivity contribution in [3.63, 3.8) is 0 Å². The quantitative estimate of drug-likeness (QED) is 0.883. The summed E-state index contributed by atoms with van der Waals surface area (Å²) >= 11 is 0. The van der Waals surface area contributed by atoms with Gasteiger partial charge >= 0.3 is 12.2 Å². The highest BCUT2D eigenvalue weighted by Gasteiger charge is 2.38. The Labute approximate surface area is 138 Å². The predicted octanol–water partition coefficient (Wildman–Crippen LogP) is 2.69. The Morgan fingerprint density at radius 3 is 2.62 bits per heavy atom. The van der Waals surface area contributed by atoms with Crippen LogP contribution in [-0.4, -0.2) is 36.5 Å². The van der Waals surface area contributed by atoms with Gasteiger partial charge in [0, 0.05) is 13.1 Å². The maximum Gasteiger partial charge on any atom is 0.416 e. The molecule has 1 unspecified atom stereocenters. The highest BCUT2D eigenvalue weighted by atomic mass is 19.4. The van der Waals surface area contributed by atoms with Gasteiger partial charge in [0.15, 0.2) is 0 Å². The van der Waals surface area contributed by atoms with Gasteiger partial charge in [-0.1, -0.05) is 18.2 Å². The summed E-state index contributed by atoms with van der Waals surface area (Å²) < 4.78 is 39.6. The molecule has 1 aliphatic rings. The normalized spacial score (nSPS) is 17.7. The summed E-state index contributed by atoms with van der Waals surface area (Å²) in [6, 6.07) is 4.23. The smallest absolute Gasteiger partial charge is 0.338 e. The number of likely N-dealkylation sites (tertiary alicyclic amines) is 1. The average Bonchev–Trinajstić information content (AvgIpc) is 3.01. The number of rotatable bonds is 4. The van der Waals surface area contributed by atoms with Gasteiger partial charge in [-0.05, 0) is 31.4 Å². The second-order valence-electron chi connectivity index (χ2n) is 5.54. The van der Waals surface area contributed by atoms with E-state index in [0.717, 1.165) is 6.07 Å². The summed E-state index contributed by atoms with van der Waals surface area (Å²) in [5.41, 5.74) is -0.611. The number of hydrogen-bond acceptors (Lipinski definition) is 2. The Kier molecular flexibility index (Phi) is 5.69. The van der Waals surface area contributed by atoms with Gasteiger partial charge in [0.25, 0.3) is 0 Å². The Bertz CT molecular complexity index is 604. The third-order valence-electron chi connectivity index (χ3n) is 3.94. The largest absolute Gasteiger partial charge is 0.416 e. The van der Waals surface area contributed by atoms with E-state index in [4.69, 9.17) is 0 Å². The fraction of sp³-hybridized carbons (Fsp3) is 0.500. The van der Waals surface area contributed by atoms with Crippen LogP contribution in [0, 0.1) is 0 Å². The number of nitrogens with zero attached hydrogens (tertiary/aromatic N) is 1. The lowest BCUT2D eigenvalue weighted by atomic mass is 9.98. The first-order valence-electron chi connectivity index (χ1n) is 7.82. The zero-order valence-electron chi connectivity index (χ0n) is 13.3. The van der Waals surface area contributed by atoms with Crippen molar-refractivity contribution >= 4 is 11.9 Å². The standard InChI is InChI=1S/C16H20F3N3O2/c1-2-20-15(24)21-10-14(23)22-9-5-8-13(22)11-6-3-4-7-12(11)16(17,18)19/h3-4,6-7,13H,2,5,8-10H2,1H3,(H2,20,21,24). The second kappa shape index (κ2) is 7.55. The Morgan fingerprint density at radius 2 is 1.96 bits per heavy atom. The topological polar surface area (TPSA) is 61.4 Å². The van der Waals surface area contributed by atoms with E-state index in [-0.39, 0.29) is 18.0 Å². The molecule has 1 fully saturated rings. The molecule has 3 amide bonds. The molecule has 132 valence electrons. The van der Waals surface area contributed by atoms with Crippen LogP contribution in [0.15, 0.2) is 24.3 Å². The van der Waals surface area contributed by atoms with Gasteiger partial charge in [-0.2, -0.15) is 13.2 Å². The van der Waals surface area contributed by atoms with Crippen LogP contribution in [0.5, 0.6) is 0 Å². The number of amides is 3. The van der Waals surface area contributed by atoms with Crippen LogP contribution in [0.2, 0.25) is 0 Å². The molecule has 0 aliphatic carbocycles. The molecule has 5 nitrogen and oxygen atoms in total. The molecule has 0 spiro atoms. The third-order valence-corrected chi connectivity index (χ3v) is 3.94. The first kappa shape index (κ1) is 18.1. The minimum atomic E-state index is -4.47. The van der Waals surface area contributed by atoms with Gasteiger partial charge in [0.05, 0.1) is 18.2 Å². The minimum absolute atomic E-state index is 0.105. The van der Waals surface area contributed by atoms with Crippen molar-refractivity contribution in [3.8, 4) is 0 Å². The summed E-state index contributed by atoms with van der Waals surface area (Å²) in [7, 11) is 0. The van der Waals surface area contributed by atoms with E-state index < -0.39 is 23.8 Å². The maximum absolute atomic E-state index is 13.2. The number of alkyl halides is 3. The third kappa shape index (κ3) is 4.18. The number of carbonyl (C=O) groups is 2. The van der Waals surface area contributed by atoms with E-state index in [1.54, 1.807) is 13.0 Å². The molecule has 2 N–H and O–H groups in total. The first-order chi connectivity index (χ1) is 11.3. The van der Waals surface area contributed by atoms with E-state index in [2.05, 4.69) is 10.6 Å². The average molecular weight is 343 g/mol. The molecule has 1 aliphatic heterocycles. The Hall–Kier alpha value is -2.25. The lowest BCUT2D eigenvalue weighted by molar-refractivity contribution is -0.140. The lowest BCUT2D eigenvalue weighted by Crippen LogP contribution is -2.43. The van der Waals surface area contributed by atoms with E-state index in [0.29, 0.717) is 25.9 Å². The second-order valence-corrected chi connectivity index (χ2v) is 5.54. The van der Waals surface area contributed by atoms with Gasteiger partial charge < -0.3 is 15.5 Å². The van der Waals surface area contributed by atoms with Crippen molar-refractivity contribution in [2.45, 2.75) is 32.0 Å². The van der Waals surface area contributed by atoms with Crippen LogP contribution in [0.25, 0.3) is 0 Å². The molecule has 24 heavy (non-hydrogen) atoms. The number of hydrogen-bond donors (Lipinski definition) is 2. The van der Waals surface area contributed by atoms with E-state index >= 15 is 0 Å². The van der Waals surface area contributed by atoms with Crippen LogP contribution in [0.4, 0.5) is 18.0 Å². The molecule has 1 saturated heterocycles. The summed E-state index contributed by atoms with van der Waals surface area (Å²) in [6.45, 7) is 2.31. The Balaban J connectivity index is 2.14. The van der Waals surface area contributed by atoms with Crippen molar-refractivity contribution in [1.82, 2.24) is 15.5 Å². The molecular formula is C16H20F3N3O2. The molecule has 0 aromatic heterocycles. The van der Waals surface area contributed by atoms with Crippen LogP contribution < -0.4 is 10.6 Å². The van der Waals surface area contributed by atoms with Crippen LogP contribution in [0.3, 0.4) is 0 Å². The summed E-state index contributed by atoms with van der Waals surface area (Å²) in [5, 5.41) is 4.91. The van der Waals surface area contributed by atoms with Gasteiger partial charge in [-0.25, -0.2) is 4.79 Å². The summed E-state index contributed by atoms with van der Waals surface area (Å²) in [4.78, 5) is 25.1. The number of benzene rings is 1. The fourth-order valence-corrected chi connectivity index (χ4v) is 2.91. The zero-order valence-corrected chi connectivity index (χ0v) is 13.3.